The first-order chi connectivity index (χ1) is 16.8. The normalized spacial score (nSPS) is 13.6. The third-order valence-corrected chi connectivity index (χ3v) is 5.59. The summed E-state index contributed by atoms with van der Waals surface area (Å²) in [6.07, 6.45) is 1.22. The number of nitrogens with zero attached hydrogens (tertiary/aromatic N) is 1. The largest absolute Gasteiger partial charge is 0.508 e. The molecule has 3 unspecified atom stereocenters. The second-order valence-electron chi connectivity index (χ2n) is 9.68. The van der Waals surface area contributed by atoms with Crippen molar-refractivity contribution >= 4 is 23.9 Å². The van der Waals surface area contributed by atoms with Crippen molar-refractivity contribution < 1.29 is 33.8 Å². The molecule has 1 rings (SSSR count). The molecule has 0 saturated carbocycles. The Morgan fingerprint density at radius 1 is 1.08 bits per heavy atom. The Hall–Kier alpha value is -3.30. The molecule has 0 saturated heterocycles. The van der Waals surface area contributed by atoms with Crippen LogP contribution in [0.3, 0.4) is 0 Å². The van der Waals surface area contributed by atoms with E-state index >= 15 is 0 Å². The standard InChI is InChI=1S/C26H41N3O7/c1-8-10-15-29(24(33)21(17(3)9-2)28-25(34)36-26(4,5)6)22(18-11-13-19(30)14-12-18)23(32)27-16-20(31)35-7/h11-14,17,21-22,30H,8-10,15-16H2,1-7H3,(H,27,32)(H,28,34). The van der Waals surface area contributed by atoms with Crippen LogP contribution in [-0.2, 0) is 23.9 Å². The molecule has 1 aromatic rings. The Morgan fingerprint density at radius 2 is 1.69 bits per heavy atom. The zero-order valence-electron chi connectivity index (χ0n) is 22.4. The first kappa shape index (κ1) is 30.7. The van der Waals surface area contributed by atoms with Gasteiger partial charge in [0.1, 0.15) is 30.0 Å². The van der Waals surface area contributed by atoms with Crippen molar-refractivity contribution in [3.8, 4) is 5.75 Å². The van der Waals surface area contributed by atoms with Crippen LogP contribution < -0.4 is 10.6 Å². The molecule has 36 heavy (non-hydrogen) atoms. The SMILES string of the molecule is CCCCN(C(=O)C(NC(=O)OC(C)(C)C)C(C)CC)C(C(=O)NCC(=O)OC)c1ccc(O)cc1. The van der Waals surface area contributed by atoms with Crippen molar-refractivity contribution in [3.63, 3.8) is 0 Å². The number of esters is 1. The molecule has 10 heteroatoms. The topological polar surface area (TPSA) is 134 Å². The Labute approximate surface area is 213 Å². The van der Waals surface area contributed by atoms with Gasteiger partial charge in [0.15, 0.2) is 0 Å². The maximum absolute atomic E-state index is 14.0. The molecule has 0 heterocycles. The van der Waals surface area contributed by atoms with E-state index in [4.69, 9.17) is 4.74 Å². The number of carbonyl (C=O) groups is 4. The molecule has 10 nitrogen and oxygen atoms in total. The van der Waals surface area contributed by atoms with E-state index in [9.17, 15) is 24.3 Å². The minimum Gasteiger partial charge on any atom is -0.508 e. The molecule has 0 fully saturated rings. The number of phenols is 1. The summed E-state index contributed by atoms with van der Waals surface area (Å²) in [5, 5.41) is 15.0. The lowest BCUT2D eigenvalue weighted by Gasteiger charge is -2.36. The van der Waals surface area contributed by atoms with Gasteiger partial charge in [-0.3, -0.25) is 14.4 Å². The number of nitrogens with one attached hydrogen (secondary N) is 2. The second kappa shape index (κ2) is 14.3. The Balaban J connectivity index is 3.46. The van der Waals surface area contributed by atoms with Crippen LogP contribution in [-0.4, -0.2) is 65.7 Å². The molecule has 0 spiro atoms. The van der Waals surface area contributed by atoms with Gasteiger partial charge in [-0.25, -0.2) is 4.79 Å². The Bertz CT molecular complexity index is 881. The Kier molecular flexibility index (Phi) is 12.2. The maximum atomic E-state index is 14.0. The highest BCUT2D eigenvalue weighted by atomic mass is 16.6. The van der Waals surface area contributed by atoms with E-state index < -0.39 is 41.6 Å². The van der Waals surface area contributed by atoms with Gasteiger partial charge in [0.25, 0.3) is 0 Å². The monoisotopic (exact) mass is 507 g/mol. The van der Waals surface area contributed by atoms with Gasteiger partial charge in [-0.15, -0.1) is 0 Å². The predicted octanol–water partition coefficient (Wildman–Crippen LogP) is 3.29. The highest BCUT2D eigenvalue weighted by Crippen LogP contribution is 2.26. The van der Waals surface area contributed by atoms with Gasteiger partial charge in [0.2, 0.25) is 11.8 Å². The number of carbonyl (C=O) groups excluding carboxylic acids is 4. The van der Waals surface area contributed by atoms with Gasteiger partial charge in [-0.2, -0.15) is 0 Å². The zero-order chi connectivity index (χ0) is 27.5. The minimum absolute atomic E-state index is 0.00276. The van der Waals surface area contributed by atoms with Crippen LogP contribution in [0.1, 0.15) is 72.4 Å². The van der Waals surface area contributed by atoms with Crippen LogP contribution in [0, 0.1) is 5.92 Å². The van der Waals surface area contributed by atoms with E-state index in [0.717, 1.165) is 6.42 Å². The highest BCUT2D eigenvalue weighted by Gasteiger charge is 2.38. The van der Waals surface area contributed by atoms with E-state index in [2.05, 4.69) is 15.4 Å². The highest BCUT2D eigenvalue weighted by molar-refractivity contribution is 5.93. The fraction of sp³-hybridized carbons (Fsp3) is 0.615. The first-order valence-corrected chi connectivity index (χ1v) is 12.3. The van der Waals surface area contributed by atoms with E-state index in [0.29, 0.717) is 18.4 Å². The number of amides is 3. The number of aromatic hydroxyl groups is 1. The number of alkyl carbamates (subject to hydrolysis) is 1. The van der Waals surface area contributed by atoms with Crippen LogP contribution in [0.5, 0.6) is 5.75 Å². The van der Waals surface area contributed by atoms with E-state index in [1.54, 1.807) is 32.9 Å². The summed E-state index contributed by atoms with van der Waals surface area (Å²) in [4.78, 5) is 53.0. The van der Waals surface area contributed by atoms with Crippen molar-refractivity contribution in [1.29, 1.82) is 0 Å². The number of ether oxygens (including phenoxy) is 2. The zero-order valence-corrected chi connectivity index (χ0v) is 22.4. The summed E-state index contributed by atoms with van der Waals surface area (Å²) in [5.41, 5.74) is -0.308. The van der Waals surface area contributed by atoms with Crippen LogP contribution in [0.15, 0.2) is 24.3 Å². The summed E-state index contributed by atoms with van der Waals surface area (Å²) >= 11 is 0. The molecule has 3 atom stereocenters. The van der Waals surface area contributed by atoms with Crippen molar-refractivity contribution in [2.24, 2.45) is 5.92 Å². The summed E-state index contributed by atoms with van der Waals surface area (Å²) in [5.74, 6) is -1.93. The second-order valence-corrected chi connectivity index (χ2v) is 9.68. The number of hydrogen-bond donors (Lipinski definition) is 3. The van der Waals surface area contributed by atoms with Crippen molar-refractivity contribution in [2.75, 3.05) is 20.2 Å². The number of phenolic OH excluding ortho intramolecular Hbond substituents is 1. The van der Waals surface area contributed by atoms with Crippen molar-refractivity contribution in [2.45, 2.75) is 78.5 Å². The molecule has 3 amide bonds. The van der Waals surface area contributed by atoms with Crippen LogP contribution in [0.2, 0.25) is 0 Å². The first-order valence-electron chi connectivity index (χ1n) is 12.3. The van der Waals surface area contributed by atoms with Gasteiger partial charge >= 0.3 is 12.1 Å². The Morgan fingerprint density at radius 3 is 2.19 bits per heavy atom. The average Bonchev–Trinajstić information content (AvgIpc) is 2.82. The molecule has 3 N–H and O–H groups in total. The van der Waals surface area contributed by atoms with Crippen molar-refractivity contribution in [3.05, 3.63) is 29.8 Å². The van der Waals surface area contributed by atoms with E-state index in [1.165, 1.54) is 24.1 Å². The maximum Gasteiger partial charge on any atom is 0.408 e. The molecular formula is C26H41N3O7. The fourth-order valence-corrected chi connectivity index (χ4v) is 3.45. The quantitative estimate of drug-likeness (QED) is 0.370. The number of methoxy groups -OCH3 is 1. The average molecular weight is 508 g/mol. The van der Waals surface area contributed by atoms with Crippen LogP contribution >= 0.6 is 0 Å². The number of unbranched alkanes of at least 4 members (excludes halogenated alkanes) is 1. The number of hydrogen-bond acceptors (Lipinski definition) is 7. The van der Waals surface area contributed by atoms with E-state index in [-0.39, 0.29) is 24.8 Å². The fourth-order valence-electron chi connectivity index (χ4n) is 3.45. The molecule has 0 aliphatic heterocycles. The van der Waals surface area contributed by atoms with Gasteiger partial charge in [0.05, 0.1) is 7.11 Å². The summed E-state index contributed by atoms with van der Waals surface area (Å²) in [7, 11) is 1.21. The predicted molar refractivity (Wildman–Crippen MR) is 135 cm³/mol. The van der Waals surface area contributed by atoms with Gasteiger partial charge in [0, 0.05) is 6.54 Å². The van der Waals surface area contributed by atoms with Gasteiger partial charge < -0.3 is 30.1 Å². The third-order valence-electron chi connectivity index (χ3n) is 5.59. The molecule has 202 valence electrons. The molecule has 0 bridgehead atoms. The van der Waals surface area contributed by atoms with Crippen LogP contribution in [0.4, 0.5) is 4.79 Å². The molecule has 0 aromatic heterocycles. The molecule has 0 aliphatic carbocycles. The van der Waals surface area contributed by atoms with Gasteiger partial charge in [-0.1, -0.05) is 45.7 Å². The summed E-state index contributed by atoms with van der Waals surface area (Å²) in [6.45, 7) is 10.7. The molecular weight excluding hydrogens is 466 g/mol. The summed E-state index contributed by atoms with van der Waals surface area (Å²) < 4.78 is 9.99. The smallest absolute Gasteiger partial charge is 0.408 e. The molecule has 1 aromatic carbocycles. The lowest BCUT2D eigenvalue weighted by molar-refractivity contribution is -0.145. The molecule has 0 radical (unpaired) electrons. The summed E-state index contributed by atoms with van der Waals surface area (Å²) in [6, 6.07) is 3.87. The lowest BCUT2D eigenvalue weighted by atomic mass is 9.95. The number of rotatable bonds is 12. The van der Waals surface area contributed by atoms with E-state index in [1.807, 2.05) is 20.8 Å². The lowest BCUT2D eigenvalue weighted by Crippen LogP contribution is -2.55. The molecule has 0 aliphatic rings. The number of benzene rings is 1. The van der Waals surface area contributed by atoms with Gasteiger partial charge in [-0.05, 0) is 50.8 Å². The minimum atomic E-state index is -1.11. The van der Waals surface area contributed by atoms with Crippen LogP contribution in [0.25, 0.3) is 0 Å². The van der Waals surface area contributed by atoms with Crippen molar-refractivity contribution in [1.82, 2.24) is 15.5 Å². The third kappa shape index (κ3) is 9.75.